The molecular formula is C14H24N4O. The van der Waals surface area contributed by atoms with E-state index in [1.165, 1.54) is 0 Å². The molecule has 19 heavy (non-hydrogen) atoms. The SMILES string of the molecule is CCCCN(C(=O)c1n[nH]c(C(C)C)c1N)C1CC1. The molecular weight excluding hydrogens is 240 g/mol. The fraction of sp³-hybridized carbons (Fsp3) is 0.714. The summed E-state index contributed by atoms with van der Waals surface area (Å²) in [5.74, 6) is 0.232. The van der Waals surface area contributed by atoms with Gasteiger partial charge in [-0.1, -0.05) is 27.2 Å². The molecule has 1 aliphatic carbocycles. The van der Waals surface area contributed by atoms with Gasteiger partial charge in [0.2, 0.25) is 0 Å². The quantitative estimate of drug-likeness (QED) is 0.829. The van der Waals surface area contributed by atoms with E-state index in [2.05, 4.69) is 17.1 Å². The lowest BCUT2D eigenvalue weighted by molar-refractivity contribution is 0.0736. The largest absolute Gasteiger partial charge is 0.395 e. The molecule has 1 saturated carbocycles. The molecule has 2 rings (SSSR count). The van der Waals surface area contributed by atoms with E-state index < -0.39 is 0 Å². The third kappa shape index (κ3) is 2.91. The lowest BCUT2D eigenvalue weighted by Gasteiger charge is -2.21. The first-order valence-corrected chi connectivity index (χ1v) is 7.21. The normalized spacial score (nSPS) is 14.9. The number of nitrogens with zero attached hydrogens (tertiary/aromatic N) is 2. The minimum Gasteiger partial charge on any atom is -0.395 e. The summed E-state index contributed by atoms with van der Waals surface area (Å²) in [6.07, 6.45) is 4.33. The maximum Gasteiger partial charge on any atom is 0.276 e. The highest BCUT2D eigenvalue weighted by Crippen LogP contribution is 2.30. The predicted octanol–water partition coefficient (Wildman–Crippen LogP) is 2.52. The van der Waals surface area contributed by atoms with Crippen molar-refractivity contribution in [1.29, 1.82) is 0 Å². The molecule has 1 heterocycles. The lowest BCUT2D eigenvalue weighted by atomic mass is 10.1. The van der Waals surface area contributed by atoms with E-state index in [4.69, 9.17) is 5.73 Å². The number of aromatic nitrogens is 2. The molecule has 1 amide bonds. The molecule has 0 radical (unpaired) electrons. The van der Waals surface area contributed by atoms with E-state index in [0.717, 1.165) is 37.9 Å². The number of nitrogen functional groups attached to an aromatic ring is 1. The summed E-state index contributed by atoms with van der Waals surface area (Å²) >= 11 is 0. The molecule has 0 spiro atoms. The van der Waals surface area contributed by atoms with E-state index in [1.807, 2.05) is 18.7 Å². The van der Waals surface area contributed by atoms with Gasteiger partial charge in [0.05, 0.1) is 11.4 Å². The van der Waals surface area contributed by atoms with Gasteiger partial charge in [-0.25, -0.2) is 0 Å². The number of hydrogen-bond acceptors (Lipinski definition) is 3. The molecule has 1 aromatic rings. The zero-order valence-electron chi connectivity index (χ0n) is 12.1. The maximum atomic E-state index is 12.6. The molecule has 0 saturated heterocycles. The van der Waals surface area contributed by atoms with Crippen LogP contribution in [0.1, 0.15) is 68.6 Å². The number of nitrogens with one attached hydrogen (secondary N) is 1. The van der Waals surface area contributed by atoms with Crippen LogP contribution in [-0.2, 0) is 0 Å². The van der Waals surface area contributed by atoms with Gasteiger partial charge in [0.25, 0.3) is 5.91 Å². The van der Waals surface area contributed by atoms with Gasteiger partial charge in [-0.15, -0.1) is 0 Å². The first-order valence-electron chi connectivity index (χ1n) is 7.21. The number of hydrogen-bond donors (Lipinski definition) is 2. The summed E-state index contributed by atoms with van der Waals surface area (Å²) in [6.45, 7) is 7.01. The van der Waals surface area contributed by atoms with Crippen molar-refractivity contribution in [2.45, 2.75) is 58.4 Å². The minimum atomic E-state index is -0.0170. The third-order valence-corrected chi connectivity index (χ3v) is 3.61. The molecule has 3 N–H and O–H groups in total. The monoisotopic (exact) mass is 264 g/mol. The van der Waals surface area contributed by atoms with E-state index in [0.29, 0.717) is 17.4 Å². The Morgan fingerprint density at radius 3 is 2.68 bits per heavy atom. The molecule has 5 nitrogen and oxygen atoms in total. The highest BCUT2D eigenvalue weighted by molar-refractivity contribution is 5.98. The van der Waals surface area contributed by atoms with Gasteiger partial charge in [-0.05, 0) is 25.2 Å². The van der Waals surface area contributed by atoms with Crippen molar-refractivity contribution < 1.29 is 4.79 Å². The second-order valence-electron chi connectivity index (χ2n) is 5.64. The van der Waals surface area contributed by atoms with E-state index in [9.17, 15) is 4.79 Å². The fourth-order valence-corrected chi connectivity index (χ4v) is 2.27. The summed E-state index contributed by atoms with van der Waals surface area (Å²) in [5.41, 5.74) is 7.82. The number of aromatic amines is 1. The molecule has 0 aliphatic heterocycles. The van der Waals surface area contributed by atoms with Gasteiger partial charge >= 0.3 is 0 Å². The topological polar surface area (TPSA) is 75.0 Å². The average Bonchev–Trinajstić information content (AvgIpc) is 3.12. The summed E-state index contributed by atoms with van der Waals surface area (Å²) in [4.78, 5) is 14.5. The van der Waals surface area contributed by atoms with Crippen molar-refractivity contribution in [2.75, 3.05) is 12.3 Å². The van der Waals surface area contributed by atoms with Gasteiger partial charge in [-0.2, -0.15) is 5.10 Å². The summed E-state index contributed by atoms with van der Waals surface area (Å²) in [7, 11) is 0. The number of unbranched alkanes of at least 4 members (excludes halogenated alkanes) is 1. The molecule has 0 aromatic carbocycles. The van der Waals surface area contributed by atoms with E-state index in [-0.39, 0.29) is 11.8 Å². The van der Waals surface area contributed by atoms with E-state index >= 15 is 0 Å². The second kappa shape index (κ2) is 5.63. The molecule has 0 bridgehead atoms. The van der Waals surface area contributed by atoms with Gasteiger partial charge in [-0.3, -0.25) is 9.89 Å². The highest BCUT2D eigenvalue weighted by Gasteiger charge is 2.34. The predicted molar refractivity (Wildman–Crippen MR) is 76.1 cm³/mol. The molecule has 1 aromatic heterocycles. The first-order chi connectivity index (χ1) is 9.06. The van der Waals surface area contributed by atoms with Crippen LogP contribution in [0.2, 0.25) is 0 Å². The van der Waals surface area contributed by atoms with Gasteiger partial charge in [0.15, 0.2) is 5.69 Å². The Morgan fingerprint density at radius 1 is 1.53 bits per heavy atom. The number of carbonyl (C=O) groups is 1. The Morgan fingerprint density at radius 2 is 2.21 bits per heavy atom. The van der Waals surface area contributed by atoms with Crippen LogP contribution in [0.3, 0.4) is 0 Å². The lowest BCUT2D eigenvalue weighted by Crippen LogP contribution is -2.34. The molecule has 5 heteroatoms. The first kappa shape index (κ1) is 13.9. The fourth-order valence-electron chi connectivity index (χ4n) is 2.27. The third-order valence-electron chi connectivity index (χ3n) is 3.61. The molecule has 1 fully saturated rings. The van der Waals surface area contributed by atoms with Crippen molar-refractivity contribution in [1.82, 2.24) is 15.1 Å². The summed E-state index contributed by atoms with van der Waals surface area (Å²) in [6, 6.07) is 0.401. The van der Waals surface area contributed by atoms with Gasteiger partial charge in [0, 0.05) is 12.6 Å². The second-order valence-corrected chi connectivity index (χ2v) is 5.64. The van der Waals surface area contributed by atoms with E-state index in [1.54, 1.807) is 0 Å². The standard InChI is InChI=1S/C14H24N4O/c1-4-5-8-18(10-6-7-10)14(19)13-11(15)12(9(2)3)16-17-13/h9-10H,4-8,15H2,1-3H3,(H,16,17). The van der Waals surface area contributed by atoms with Gasteiger partial charge in [0.1, 0.15) is 0 Å². The van der Waals surface area contributed by atoms with Crippen LogP contribution in [0.4, 0.5) is 5.69 Å². The van der Waals surface area contributed by atoms with Crippen LogP contribution < -0.4 is 5.73 Å². The van der Waals surface area contributed by atoms with Crippen LogP contribution in [-0.4, -0.2) is 33.6 Å². The number of amides is 1. The van der Waals surface area contributed by atoms with Crippen LogP contribution in [0.25, 0.3) is 0 Å². The van der Waals surface area contributed by atoms with Crippen molar-refractivity contribution >= 4 is 11.6 Å². The van der Waals surface area contributed by atoms with Crippen molar-refractivity contribution in [2.24, 2.45) is 0 Å². The Bertz CT molecular complexity index is 448. The van der Waals surface area contributed by atoms with Gasteiger partial charge < -0.3 is 10.6 Å². The van der Waals surface area contributed by atoms with Crippen LogP contribution in [0.5, 0.6) is 0 Å². The number of H-pyrrole nitrogens is 1. The molecule has 0 atom stereocenters. The van der Waals surface area contributed by atoms with Crippen molar-refractivity contribution in [3.8, 4) is 0 Å². The van der Waals surface area contributed by atoms with Crippen LogP contribution in [0.15, 0.2) is 0 Å². The zero-order chi connectivity index (χ0) is 14.0. The Hall–Kier alpha value is -1.52. The average molecular weight is 264 g/mol. The number of carbonyl (C=O) groups excluding carboxylic acids is 1. The molecule has 1 aliphatic rings. The minimum absolute atomic E-state index is 0.0170. The number of anilines is 1. The summed E-state index contributed by atoms with van der Waals surface area (Å²) in [5, 5.41) is 7.04. The molecule has 0 unspecified atom stereocenters. The Labute approximate surface area is 114 Å². The number of nitrogens with two attached hydrogens (primary N) is 1. The zero-order valence-corrected chi connectivity index (χ0v) is 12.1. The molecule has 106 valence electrons. The highest BCUT2D eigenvalue weighted by atomic mass is 16.2. The van der Waals surface area contributed by atoms with Crippen molar-refractivity contribution in [3.05, 3.63) is 11.4 Å². The Kier molecular flexibility index (Phi) is 4.12. The number of rotatable bonds is 6. The maximum absolute atomic E-state index is 12.6. The summed E-state index contributed by atoms with van der Waals surface area (Å²) < 4.78 is 0. The van der Waals surface area contributed by atoms with Crippen molar-refractivity contribution in [3.63, 3.8) is 0 Å². The van der Waals surface area contributed by atoms with Crippen LogP contribution >= 0.6 is 0 Å². The Balaban J connectivity index is 2.17. The van der Waals surface area contributed by atoms with Crippen LogP contribution in [0, 0.1) is 0 Å². The smallest absolute Gasteiger partial charge is 0.276 e.